The molecular weight excluding hydrogens is 122 g/mol. The molecule has 0 aromatic heterocycles. The highest BCUT2D eigenvalue weighted by Gasteiger charge is 2.27. The van der Waals surface area contributed by atoms with E-state index in [2.05, 4.69) is 6.58 Å². The number of rotatable bonds is 3. The van der Waals surface area contributed by atoms with Gasteiger partial charge in [0.1, 0.15) is 0 Å². The van der Waals surface area contributed by atoms with E-state index >= 15 is 0 Å². The first kappa shape index (κ1) is 8.60. The van der Waals surface area contributed by atoms with E-state index in [1.807, 2.05) is 0 Å². The summed E-state index contributed by atoms with van der Waals surface area (Å²) in [6.07, 6.45) is -0.368. The van der Waals surface area contributed by atoms with E-state index in [4.69, 9.17) is 0 Å². The summed E-state index contributed by atoms with van der Waals surface area (Å²) in [5.74, 6) is 0. The lowest BCUT2D eigenvalue weighted by atomic mass is 9.90. The predicted octanol–water partition coefficient (Wildman–Crippen LogP) is 2.85. The van der Waals surface area contributed by atoms with Gasteiger partial charge in [-0.1, -0.05) is 19.9 Å². The molecule has 0 aliphatic carbocycles. The van der Waals surface area contributed by atoms with Gasteiger partial charge in [-0.2, -0.15) is 0 Å². The molecule has 0 spiro atoms. The number of alkyl halides is 2. The van der Waals surface area contributed by atoms with Gasteiger partial charge in [-0.15, -0.1) is 6.58 Å². The molecule has 0 saturated carbocycles. The zero-order valence-corrected chi connectivity index (χ0v) is 5.82. The first-order valence-corrected chi connectivity index (χ1v) is 2.90. The molecule has 0 N–H and O–H groups in total. The molecule has 9 heavy (non-hydrogen) atoms. The lowest BCUT2D eigenvalue weighted by molar-refractivity contribution is 0.0218. The Morgan fingerprint density at radius 3 is 2.11 bits per heavy atom. The number of allylic oxidation sites excluding steroid dienone is 1. The third-order valence-electron chi connectivity index (χ3n) is 1.26. The Labute approximate surface area is 54.6 Å². The van der Waals surface area contributed by atoms with Crippen molar-refractivity contribution in [2.75, 3.05) is 0 Å². The van der Waals surface area contributed by atoms with Crippen LogP contribution in [-0.4, -0.2) is 6.43 Å². The van der Waals surface area contributed by atoms with E-state index in [0.717, 1.165) is 0 Å². The maximum Gasteiger partial charge on any atom is 0.243 e. The Balaban J connectivity index is 3.84. The van der Waals surface area contributed by atoms with Gasteiger partial charge < -0.3 is 0 Å². The number of halogens is 2. The topological polar surface area (TPSA) is 0 Å². The highest BCUT2D eigenvalue weighted by molar-refractivity contribution is 4.80. The third-order valence-corrected chi connectivity index (χ3v) is 1.26. The summed E-state index contributed by atoms with van der Waals surface area (Å²) in [6, 6.07) is 0. The molecule has 2 heteroatoms. The Kier molecular flexibility index (Phi) is 2.82. The molecule has 0 amide bonds. The average Bonchev–Trinajstić information content (AvgIpc) is 1.65. The van der Waals surface area contributed by atoms with Gasteiger partial charge in [0.05, 0.1) is 0 Å². The molecular formula is C7H12F2. The Bertz CT molecular complexity index is 95.1. The Morgan fingerprint density at radius 2 is 2.00 bits per heavy atom. The van der Waals surface area contributed by atoms with E-state index in [-0.39, 0.29) is 0 Å². The maximum absolute atomic E-state index is 12.0. The van der Waals surface area contributed by atoms with Crippen LogP contribution >= 0.6 is 0 Å². The molecule has 0 unspecified atom stereocenters. The van der Waals surface area contributed by atoms with Gasteiger partial charge in [0.2, 0.25) is 6.43 Å². The second-order valence-corrected chi connectivity index (χ2v) is 2.78. The van der Waals surface area contributed by atoms with Crippen LogP contribution in [0.3, 0.4) is 0 Å². The smallest absolute Gasteiger partial charge is 0.210 e. The Hall–Kier alpha value is -0.400. The molecule has 0 saturated heterocycles. The standard InChI is InChI=1S/C7H12F2/c1-4-5-7(2,3)6(8)9/h4,6H,1,5H2,2-3H3. The van der Waals surface area contributed by atoms with Gasteiger partial charge in [0.15, 0.2) is 0 Å². The minimum Gasteiger partial charge on any atom is -0.210 e. The van der Waals surface area contributed by atoms with Crippen molar-refractivity contribution in [1.82, 2.24) is 0 Å². The fraction of sp³-hybridized carbons (Fsp3) is 0.714. The minimum atomic E-state index is -2.25. The summed E-state index contributed by atoms with van der Waals surface area (Å²) in [5, 5.41) is 0. The van der Waals surface area contributed by atoms with Crippen LogP contribution in [0.5, 0.6) is 0 Å². The van der Waals surface area contributed by atoms with Gasteiger partial charge in [-0.25, -0.2) is 8.78 Å². The number of hydrogen-bond acceptors (Lipinski definition) is 0. The predicted molar refractivity (Wildman–Crippen MR) is 34.6 cm³/mol. The molecule has 0 aliphatic rings. The van der Waals surface area contributed by atoms with E-state index in [0.29, 0.717) is 6.42 Å². The lowest BCUT2D eigenvalue weighted by Crippen LogP contribution is -2.20. The first-order chi connectivity index (χ1) is 4.00. The SMILES string of the molecule is C=CCC(C)(C)C(F)F. The van der Waals surface area contributed by atoms with E-state index in [1.165, 1.54) is 19.9 Å². The Morgan fingerprint density at radius 1 is 1.56 bits per heavy atom. The second-order valence-electron chi connectivity index (χ2n) is 2.78. The molecule has 0 heterocycles. The summed E-state index contributed by atoms with van der Waals surface area (Å²) < 4.78 is 23.9. The molecule has 0 aromatic rings. The van der Waals surface area contributed by atoms with Crippen LogP contribution in [-0.2, 0) is 0 Å². The zero-order valence-electron chi connectivity index (χ0n) is 5.82. The summed E-state index contributed by atoms with van der Waals surface area (Å²) in [4.78, 5) is 0. The van der Waals surface area contributed by atoms with Crippen molar-refractivity contribution in [2.24, 2.45) is 5.41 Å². The van der Waals surface area contributed by atoms with Gasteiger partial charge in [0.25, 0.3) is 0 Å². The summed E-state index contributed by atoms with van der Waals surface area (Å²) in [5.41, 5.74) is -0.901. The number of hydrogen-bond donors (Lipinski definition) is 0. The summed E-state index contributed by atoms with van der Waals surface area (Å²) in [6.45, 7) is 6.45. The van der Waals surface area contributed by atoms with Gasteiger partial charge in [-0.3, -0.25) is 0 Å². The van der Waals surface area contributed by atoms with Crippen molar-refractivity contribution in [2.45, 2.75) is 26.7 Å². The van der Waals surface area contributed by atoms with Gasteiger partial charge >= 0.3 is 0 Å². The van der Waals surface area contributed by atoms with E-state index < -0.39 is 11.8 Å². The van der Waals surface area contributed by atoms with Crippen molar-refractivity contribution in [1.29, 1.82) is 0 Å². The van der Waals surface area contributed by atoms with Gasteiger partial charge in [0, 0.05) is 5.41 Å². The molecule has 0 aliphatic heterocycles. The fourth-order valence-electron chi connectivity index (χ4n) is 0.461. The molecule has 0 bridgehead atoms. The van der Waals surface area contributed by atoms with Crippen LogP contribution in [0.2, 0.25) is 0 Å². The van der Waals surface area contributed by atoms with E-state index in [1.54, 1.807) is 0 Å². The lowest BCUT2D eigenvalue weighted by Gasteiger charge is -2.20. The molecule has 0 rings (SSSR count). The fourth-order valence-corrected chi connectivity index (χ4v) is 0.461. The summed E-state index contributed by atoms with van der Waals surface area (Å²) in [7, 11) is 0. The van der Waals surface area contributed by atoms with Crippen molar-refractivity contribution in [3.05, 3.63) is 12.7 Å². The molecule has 0 atom stereocenters. The van der Waals surface area contributed by atoms with Crippen LogP contribution in [0.15, 0.2) is 12.7 Å². The normalized spacial score (nSPS) is 12.1. The molecule has 0 radical (unpaired) electrons. The highest BCUT2D eigenvalue weighted by atomic mass is 19.3. The highest BCUT2D eigenvalue weighted by Crippen LogP contribution is 2.28. The minimum absolute atomic E-state index is 0.366. The van der Waals surface area contributed by atoms with Crippen LogP contribution in [0.1, 0.15) is 20.3 Å². The van der Waals surface area contributed by atoms with Crippen molar-refractivity contribution in [3.63, 3.8) is 0 Å². The third kappa shape index (κ3) is 2.59. The van der Waals surface area contributed by atoms with E-state index in [9.17, 15) is 8.78 Å². The van der Waals surface area contributed by atoms with Crippen molar-refractivity contribution < 1.29 is 8.78 Å². The molecule has 0 fully saturated rings. The zero-order chi connectivity index (χ0) is 7.49. The first-order valence-electron chi connectivity index (χ1n) is 2.90. The quantitative estimate of drug-likeness (QED) is 0.520. The summed E-state index contributed by atoms with van der Waals surface area (Å²) >= 11 is 0. The second kappa shape index (κ2) is 2.95. The largest absolute Gasteiger partial charge is 0.243 e. The van der Waals surface area contributed by atoms with Crippen molar-refractivity contribution >= 4 is 0 Å². The molecule has 0 nitrogen and oxygen atoms in total. The van der Waals surface area contributed by atoms with Crippen molar-refractivity contribution in [3.8, 4) is 0 Å². The molecule has 0 aromatic carbocycles. The van der Waals surface area contributed by atoms with Crippen LogP contribution in [0.4, 0.5) is 8.78 Å². The van der Waals surface area contributed by atoms with Crippen LogP contribution in [0.25, 0.3) is 0 Å². The monoisotopic (exact) mass is 134 g/mol. The van der Waals surface area contributed by atoms with Crippen LogP contribution in [0, 0.1) is 5.41 Å². The molecule has 54 valence electrons. The average molecular weight is 134 g/mol. The maximum atomic E-state index is 12.0. The van der Waals surface area contributed by atoms with Gasteiger partial charge in [-0.05, 0) is 6.42 Å². The van der Waals surface area contributed by atoms with Crippen LogP contribution < -0.4 is 0 Å².